The van der Waals surface area contributed by atoms with E-state index in [0.717, 1.165) is 6.42 Å². The molecule has 4 heteroatoms. The van der Waals surface area contributed by atoms with Crippen LogP contribution in [-0.4, -0.2) is 12.5 Å². The number of anilines is 1. The van der Waals surface area contributed by atoms with Crippen LogP contribution in [0.5, 0.6) is 5.75 Å². The molecule has 0 saturated carbocycles. The van der Waals surface area contributed by atoms with Crippen molar-refractivity contribution in [2.24, 2.45) is 11.7 Å². The van der Waals surface area contributed by atoms with Gasteiger partial charge in [0.05, 0.1) is 12.2 Å². The molecule has 0 atom stereocenters. The molecule has 88 valence electrons. The second-order valence-electron chi connectivity index (χ2n) is 4.15. The average Bonchev–Trinajstić information content (AvgIpc) is 2.19. The summed E-state index contributed by atoms with van der Waals surface area (Å²) in [6.45, 7) is 4.80. The molecular weight excluding hydrogens is 204 g/mol. The van der Waals surface area contributed by atoms with E-state index in [4.69, 9.17) is 16.2 Å². The van der Waals surface area contributed by atoms with Crippen molar-refractivity contribution in [2.75, 3.05) is 12.3 Å². The number of hydrogen-bond donors (Lipinski definition) is 2. The Bertz CT molecular complexity index is 375. The fourth-order valence-electron chi connectivity index (χ4n) is 1.27. The largest absolute Gasteiger partial charge is 0.493 e. The second kappa shape index (κ2) is 5.39. The zero-order valence-electron chi connectivity index (χ0n) is 9.69. The number of carbonyl (C=O) groups excluding carboxylic acids is 1. The fraction of sp³-hybridized carbons (Fsp3) is 0.417. The van der Waals surface area contributed by atoms with Crippen LogP contribution in [0.3, 0.4) is 0 Å². The number of ether oxygens (including phenoxy) is 1. The highest BCUT2D eigenvalue weighted by molar-refractivity contribution is 5.96. The van der Waals surface area contributed by atoms with Crippen LogP contribution in [0.15, 0.2) is 18.2 Å². The van der Waals surface area contributed by atoms with Gasteiger partial charge >= 0.3 is 0 Å². The van der Waals surface area contributed by atoms with E-state index in [0.29, 0.717) is 29.5 Å². The first-order chi connectivity index (χ1) is 7.50. The maximum Gasteiger partial charge on any atom is 0.252 e. The molecule has 0 aliphatic rings. The molecule has 1 amide bonds. The van der Waals surface area contributed by atoms with Crippen LogP contribution in [0.2, 0.25) is 0 Å². The van der Waals surface area contributed by atoms with Crippen LogP contribution >= 0.6 is 0 Å². The van der Waals surface area contributed by atoms with Crippen LogP contribution in [0, 0.1) is 5.92 Å². The first-order valence-corrected chi connectivity index (χ1v) is 5.33. The average molecular weight is 222 g/mol. The van der Waals surface area contributed by atoms with Crippen LogP contribution in [0.4, 0.5) is 5.69 Å². The minimum Gasteiger partial charge on any atom is -0.493 e. The van der Waals surface area contributed by atoms with E-state index in [-0.39, 0.29) is 0 Å². The summed E-state index contributed by atoms with van der Waals surface area (Å²) in [5.41, 5.74) is 11.7. The minimum atomic E-state index is -0.521. The van der Waals surface area contributed by atoms with Crippen molar-refractivity contribution in [1.82, 2.24) is 0 Å². The maximum absolute atomic E-state index is 11.2. The lowest BCUT2D eigenvalue weighted by Gasteiger charge is -2.11. The molecule has 1 aromatic rings. The quantitative estimate of drug-likeness (QED) is 0.745. The number of primary amides is 1. The van der Waals surface area contributed by atoms with E-state index in [1.165, 1.54) is 6.07 Å². The lowest BCUT2D eigenvalue weighted by molar-refractivity contribution is 0.0996. The Kier molecular flexibility index (Phi) is 4.17. The van der Waals surface area contributed by atoms with Gasteiger partial charge in [-0.3, -0.25) is 4.79 Å². The molecule has 1 aromatic carbocycles. The summed E-state index contributed by atoms with van der Waals surface area (Å²) in [4.78, 5) is 11.2. The summed E-state index contributed by atoms with van der Waals surface area (Å²) in [5.74, 6) is 0.542. The molecule has 0 aromatic heterocycles. The van der Waals surface area contributed by atoms with Crippen LogP contribution in [0.25, 0.3) is 0 Å². The topological polar surface area (TPSA) is 78.3 Å². The molecular formula is C12H18N2O2. The summed E-state index contributed by atoms with van der Waals surface area (Å²) in [7, 11) is 0. The van der Waals surface area contributed by atoms with Gasteiger partial charge in [0.1, 0.15) is 5.75 Å². The Labute approximate surface area is 95.6 Å². The fourth-order valence-corrected chi connectivity index (χ4v) is 1.27. The lowest BCUT2D eigenvalue weighted by atomic mass is 10.1. The van der Waals surface area contributed by atoms with Gasteiger partial charge in [0.25, 0.3) is 5.91 Å². The standard InChI is InChI=1S/C12H18N2O2/c1-8(2)5-6-16-11-4-3-9(13)7-10(11)12(14)15/h3-4,7-8H,5-6,13H2,1-2H3,(H2,14,15). The molecule has 0 fully saturated rings. The van der Waals surface area contributed by atoms with E-state index in [1.807, 2.05) is 0 Å². The molecule has 0 saturated heterocycles. The highest BCUT2D eigenvalue weighted by Crippen LogP contribution is 2.21. The number of nitrogen functional groups attached to an aromatic ring is 1. The minimum absolute atomic E-state index is 0.337. The Morgan fingerprint density at radius 1 is 1.44 bits per heavy atom. The van der Waals surface area contributed by atoms with E-state index in [9.17, 15) is 4.79 Å². The summed E-state index contributed by atoms with van der Waals surface area (Å²) < 4.78 is 5.51. The Morgan fingerprint density at radius 2 is 2.12 bits per heavy atom. The predicted molar refractivity (Wildman–Crippen MR) is 64.3 cm³/mol. The summed E-state index contributed by atoms with van der Waals surface area (Å²) in [5, 5.41) is 0. The molecule has 0 spiro atoms. The van der Waals surface area contributed by atoms with Gasteiger partial charge in [0.15, 0.2) is 0 Å². The van der Waals surface area contributed by atoms with Crippen LogP contribution in [0.1, 0.15) is 30.6 Å². The number of nitrogens with two attached hydrogens (primary N) is 2. The van der Waals surface area contributed by atoms with E-state index in [2.05, 4.69) is 13.8 Å². The highest BCUT2D eigenvalue weighted by atomic mass is 16.5. The predicted octanol–water partition coefficient (Wildman–Crippen LogP) is 1.79. The van der Waals surface area contributed by atoms with Crippen LogP contribution < -0.4 is 16.2 Å². The molecule has 0 radical (unpaired) electrons. The third-order valence-corrected chi connectivity index (χ3v) is 2.22. The van der Waals surface area contributed by atoms with Crippen molar-refractivity contribution in [1.29, 1.82) is 0 Å². The summed E-state index contributed by atoms with van der Waals surface area (Å²) in [6, 6.07) is 4.90. The number of benzene rings is 1. The van der Waals surface area contributed by atoms with E-state index >= 15 is 0 Å². The molecule has 0 aliphatic heterocycles. The van der Waals surface area contributed by atoms with Crippen molar-refractivity contribution in [3.8, 4) is 5.75 Å². The highest BCUT2D eigenvalue weighted by Gasteiger charge is 2.09. The number of amides is 1. The summed E-state index contributed by atoms with van der Waals surface area (Å²) in [6.07, 6.45) is 0.933. The Balaban J connectivity index is 2.75. The van der Waals surface area contributed by atoms with Crippen molar-refractivity contribution < 1.29 is 9.53 Å². The van der Waals surface area contributed by atoms with Crippen molar-refractivity contribution >= 4 is 11.6 Å². The van der Waals surface area contributed by atoms with Crippen molar-refractivity contribution in [3.05, 3.63) is 23.8 Å². The molecule has 0 heterocycles. The number of rotatable bonds is 5. The number of carbonyl (C=O) groups is 1. The van der Waals surface area contributed by atoms with Gasteiger partial charge in [-0.1, -0.05) is 13.8 Å². The monoisotopic (exact) mass is 222 g/mol. The zero-order chi connectivity index (χ0) is 12.1. The number of hydrogen-bond acceptors (Lipinski definition) is 3. The first kappa shape index (κ1) is 12.4. The van der Waals surface area contributed by atoms with Crippen molar-refractivity contribution in [3.63, 3.8) is 0 Å². The molecule has 16 heavy (non-hydrogen) atoms. The van der Waals surface area contributed by atoms with E-state index in [1.54, 1.807) is 12.1 Å². The van der Waals surface area contributed by atoms with Gasteiger partial charge in [0, 0.05) is 5.69 Å². The van der Waals surface area contributed by atoms with Crippen molar-refractivity contribution in [2.45, 2.75) is 20.3 Å². The molecule has 0 bridgehead atoms. The normalized spacial score (nSPS) is 10.4. The zero-order valence-corrected chi connectivity index (χ0v) is 9.69. The third-order valence-electron chi connectivity index (χ3n) is 2.22. The van der Waals surface area contributed by atoms with E-state index < -0.39 is 5.91 Å². The maximum atomic E-state index is 11.2. The second-order valence-corrected chi connectivity index (χ2v) is 4.15. The smallest absolute Gasteiger partial charge is 0.252 e. The first-order valence-electron chi connectivity index (χ1n) is 5.33. The van der Waals surface area contributed by atoms with Gasteiger partial charge in [-0.2, -0.15) is 0 Å². The molecule has 4 N–H and O–H groups in total. The van der Waals surface area contributed by atoms with Gasteiger partial charge in [-0.25, -0.2) is 0 Å². The van der Waals surface area contributed by atoms with Gasteiger partial charge in [-0.05, 0) is 30.5 Å². The molecule has 0 unspecified atom stereocenters. The Hall–Kier alpha value is -1.71. The Morgan fingerprint density at radius 3 is 2.69 bits per heavy atom. The van der Waals surface area contributed by atoms with Gasteiger partial charge < -0.3 is 16.2 Å². The SMILES string of the molecule is CC(C)CCOc1ccc(N)cc1C(N)=O. The molecule has 0 aliphatic carbocycles. The molecule has 1 rings (SSSR count). The molecule has 4 nitrogen and oxygen atoms in total. The third kappa shape index (κ3) is 3.46. The van der Waals surface area contributed by atoms with Gasteiger partial charge in [-0.15, -0.1) is 0 Å². The lowest BCUT2D eigenvalue weighted by Crippen LogP contribution is -2.14. The summed E-state index contributed by atoms with van der Waals surface area (Å²) >= 11 is 0. The van der Waals surface area contributed by atoms with Gasteiger partial charge in [0.2, 0.25) is 0 Å². The van der Waals surface area contributed by atoms with Crippen LogP contribution in [-0.2, 0) is 0 Å².